The first-order valence-electron chi connectivity index (χ1n) is 7.03. The number of rotatable bonds is 2. The molecule has 2 N–H and O–H groups in total. The van der Waals surface area contributed by atoms with Crippen LogP contribution >= 0.6 is 0 Å². The lowest BCUT2D eigenvalue weighted by molar-refractivity contribution is -0.176. The molecule has 23 heavy (non-hydrogen) atoms. The highest BCUT2D eigenvalue weighted by atomic mass is 19.4. The third-order valence-corrected chi connectivity index (χ3v) is 4.07. The maximum absolute atomic E-state index is 13.6. The lowest BCUT2D eigenvalue weighted by Gasteiger charge is -2.30. The van der Waals surface area contributed by atoms with Crippen molar-refractivity contribution in [2.45, 2.75) is 24.7 Å². The second-order valence-electron chi connectivity index (χ2n) is 5.70. The number of anilines is 1. The summed E-state index contributed by atoms with van der Waals surface area (Å²) in [7, 11) is 0. The zero-order valence-electron chi connectivity index (χ0n) is 11.6. The van der Waals surface area contributed by atoms with Crippen molar-refractivity contribution in [1.82, 2.24) is 14.9 Å². The van der Waals surface area contributed by atoms with Gasteiger partial charge in [-0.15, -0.1) is 0 Å². The molecule has 0 bridgehead atoms. The molecule has 2 aliphatic rings. The number of nitrogens with zero attached hydrogens (tertiary/aromatic N) is 2. The minimum Gasteiger partial charge on any atom is -0.318 e. The quantitative estimate of drug-likeness (QED) is 0.884. The Hall–Kier alpha value is -2.58. The summed E-state index contributed by atoms with van der Waals surface area (Å²) in [6.45, 7) is 0. The van der Waals surface area contributed by atoms with E-state index in [-0.39, 0.29) is 11.5 Å². The number of nitrogens with one attached hydrogen (secondary N) is 2. The van der Waals surface area contributed by atoms with Crippen LogP contribution < -0.4 is 10.6 Å². The van der Waals surface area contributed by atoms with Crippen molar-refractivity contribution in [2.24, 2.45) is 5.92 Å². The molecule has 2 aromatic rings. The summed E-state index contributed by atoms with van der Waals surface area (Å²) >= 11 is 0. The first-order valence-corrected chi connectivity index (χ1v) is 7.03. The molecule has 1 aliphatic carbocycles. The van der Waals surface area contributed by atoms with Crippen molar-refractivity contribution in [1.29, 1.82) is 0 Å². The van der Waals surface area contributed by atoms with E-state index in [2.05, 4.69) is 10.3 Å². The van der Waals surface area contributed by atoms with E-state index in [1.165, 1.54) is 6.07 Å². The number of hydrogen-bond donors (Lipinski definition) is 2. The molecule has 120 valence electrons. The Kier molecular flexibility index (Phi) is 2.59. The number of imidazole rings is 1. The molecule has 1 aliphatic heterocycles. The number of benzene rings is 1. The molecule has 0 saturated heterocycles. The summed E-state index contributed by atoms with van der Waals surface area (Å²) in [5, 5.41) is 3.94. The van der Waals surface area contributed by atoms with Crippen molar-refractivity contribution >= 4 is 28.8 Å². The van der Waals surface area contributed by atoms with Crippen LogP contribution in [0, 0.1) is 5.92 Å². The summed E-state index contributed by atoms with van der Waals surface area (Å²) < 4.78 is 41.7. The van der Waals surface area contributed by atoms with Gasteiger partial charge < -0.3 is 10.6 Å². The van der Waals surface area contributed by atoms with Crippen molar-refractivity contribution in [3.63, 3.8) is 0 Å². The van der Waals surface area contributed by atoms with E-state index in [0.29, 0.717) is 18.4 Å². The predicted octanol–water partition coefficient (Wildman–Crippen LogP) is 1.89. The molecule has 6 nitrogen and oxygen atoms in total. The number of carbonyl (C=O) groups is 2. The Morgan fingerprint density at radius 3 is 2.70 bits per heavy atom. The maximum Gasteiger partial charge on any atom is 0.440 e. The van der Waals surface area contributed by atoms with Gasteiger partial charge in [0.25, 0.3) is 11.6 Å². The number of alkyl halides is 3. The molecule has 1 amide bonds. The van der Waals surface area contributed by atoms with Gasteiger partial charge in [-0.05, 0) is 25.0 Å². The molecule has 1 atom stereocenters. The molecule has 1 aromatic heterocycles. The normalized spacial score (nSPS) is 23.7. The van der Waals surface area contributed by atoms with Gasteiger partial charge in [0.1, 0.15) is 0 Å². The maximum atomic E-state index is 13.6. The SMILES string of the molecule is O=C(N[C@@]1(C(F)(F)F)Nc2nc3ccccc3n2C1=O)C1CC1. The number of carbonyl (C=O) groups excluding carboxylic acids is 2. The van der Waals surface area contributed by atoms with Crippen molar-refractivity contribution in [2.75, 3.05) is 5.32 Å². The molecule has 1 fully saturated rings. The monoisotopic (exact) mass is 324 g/mol. The Balaban J connectivity index is 1.82. The van der Waals surface area contributed by atoms with Crippen molar-refractivity contribution in [3.05, 3.63) is 24.3 Å². The first-order chi connectivity index (χ1) is 10.8. The van der Waals surface area contributed by atoms with Crippen molar-refractivity contribution in [3.8, 4) is 0 Å². The zero-order chi connectivity index (χ0) is 16.4. The van der Waals surface area contributed by atoms with Crippen molar-refractivity contribution < 1.29 is 22.8 Å². The fourth-order valence-corrected chi connectivity index (χ4v) is 2.68. The van der Waals surface area contributed by atoms with Crippen LogP contribution in [-0.4, -0.2) is 33.2 Å². The largest absolute Gasteiger partial charge is 0.440 e. The van der Waals surface area contributed by atoms with Crippen LogP contribution in [0.4, 0.5) is 19.1 Å². The minimum absolute atomic E-state index is 0.232. The van der Waals surface area contributed by atoms with E-state index < -0.39 is 29.6 Å². The second-order valence-corrected chi connectivity index (χ2v) is 5.70. The van der Waals surface area contributed by atoms with Crippen LogP contribution in [0.5, 0.6) is 0 Å². The van der Waals surface area contributed by atoms with Gasteiger partial charge in [-0.2, -0.15) is 13.2 Å². The molecule has 9 heteroatoms. The fourth-order valence-electron chi connectivity index (χ4n) is 2.68. The van der Waals surface area contributed by atoms with Gasteiger partial charge in [-0.25, -0.2) is 9.55 Å². The minimum atomic E-state index is -5.00. The molecule has 4 rings (SSSR count). The Morgan fingerprint density at radius 1 is 1.35 bits per heavy atom. The average Bonchev–Trinajstić information content (AvgIpc) is 3.21. The molecule has 2 heterocycles. The summed E-state index contributed by atoms with van der Waals surface area (Å²) in [6, 6.07) is 6.36. The number of para-hydroxylation sites is 2. The summed E-state index contributed by atoms with van der Waals surface area (Å²) in [5.41, 5.74) is -2.52. The van der Waals surface area contributed by atoms with Crippen LogP contribution in [-0.2, 0) is 4.79 Å². The van der Waals surface area contributed by atoms with E-state index in [1.807, 2.05) is 5.32 Å². The van der Waals surface area contributed by atoms with Gasteiger partial charge in [-0.1, -0.05) is 12.1 Å². The Labute approximate surface area is 127 Å². The molecule has 0 spiro atoms. The topological polar surface area (TPSA) is 76.0 Å². The standard InChI is InChI=1S/C14H11F3N4O2/c15-14(16,17)13(19-10(22)7-5-6-7)11(23)21-9-4-2-1-3-8(9)18-12(21)20-13/h1-4,7H,5-6H2,(H,18,20)(H,19,22)/t13-/m1/s1. The number of amides is 1. The molecule has 0 unspecified atom stereocenters. The summed E-state index contributed by atoms with van der Waals surface area (Å²) in [5.74, 6) is -2.78. The van der Waals surface area contributed by atoms with Crippen LogP contribution in [0.25, 0.3) is 11.0 Å². The smallest absolute Gasteiger partial charge is 0.318 e. The second kappa shape index (κ2) is 4.24. The first kappa shape index (κ1) is 14.0. The van der Waals surface area contributed by atoms with Gasteiger partial charge in [0.05, 0.1) is 11.0 Å². The Morgan fingerprint density at radius 2 is 2.04 bits per heavy atom. The lowest BCUT2D eigenvalue weighted by Crippen LogP contribution is -2.67. The van der Waals surface area contributed by atoms with Crippen LogP contribution in [0.1, 0.15) is 17.6 Å². The number of fused-ring (bicyclic) bond motifs is 3. The van der Waals surface area contributed by atoms with Gasteiger partial charge >= 0.3 is 6.18 Å². The predicted molar refractivity (Wildman–Crippen MR) is 73.6 cm³/mol. The van der Waals surface area contributed by atoms with Gasteiger partial charge in [0.2, 0.25) is 11.9 Å². The van der Waals surface area contributed by atoms with Gasteiger partial charge in [-0.3, -0.25) is 9.59 Å². The van der Waals surface area contributed by atoms with Crippen LogP contribution in [0.3, 0.4) is 0 Å². The van der Waals surface area contributed by atoms with E-state index in [1.54, 1.807) is 18.2 Å². The molecule has 1 saturated carbocycles. The van der Waals surface area contributed by atoms with Gasteiger partial charge in [0, 0.05) is 5.92 Å². The van der Waals surface area contributed by atoms with Crippen LogP contribution in [0.15, 0.2) is 24.3 Å². The molecule has 0 radical (unpaired) electrons. The van der Waals surface area contributed by atoms with Crippen LogP contribution in [0.2, 0.25) is 0 Å². The number of halogens is 3. The third kappa shape index (κ3) is 1.85. The lowest BCUT2D eigenvalue weighted by atomic mass is 10.1. The summed E-state index contributed by atoms with van der Waals surface area (Å²) in [6.07, 6.45) is -3.95. The molecular weight excluding hydrogens is 313 g/mol. The van der Waals surface area contributed by atoms with E-state index in [4.69, 9.17) is 0 Å². The zero-order valence-corrected chi connectivity index (χ0v) is 11.6. The molecule has 1 aromatic carbocycles. The molecular formula is C14H11F3N4O2. The van der Waals surface area contributed by atoms with Gasteiger partial charge in [0.15, 0.2) is 0 Å². The summed E-state index contributed by atoms with van der Waals surface area (Å²) in [4.78, 5) is 28.4. The fraction of sp³-hybridized carbons (Fsp3) is 0.357. The third-order valence-electron chi connectivity index (χ3n) is 4.07. The average molecular weight is 324 g/mol. The van der Waals surface area contributed by atoms with E-state index in [9.17, 15) is 22.8 Å². The highest BCUT2D eigenvalue weighted by molar-refractivity contribution is 6.06. The number of hydrogen-bond acceptors (Lipinski definition) is 4. The number of aromatic nitrogens is 2. The van der Waals surface area contributed by atoms with E-state index >= 15 is 0 Å². The highest BCUT2D eigenvalue weighted by Crippen LogP contribution is 2.40. The Bertz CT molecular complexity index is 840. The van der Waals surface area contributed by atoms with E-state index in [0.717, 1.165) is 4.57 Å². The highest BCUT2D eigenvalue weighted by Gasteiger charge is 2.67.